The van der Waals surface area contributed by atoms with E-state index in [1.807, 2.05) is 19.2 Å². The molecular formula is C15H22N4O. The lowest BCUT2D eigenvalue weighted by Gasteiger charge is -2.36. The van der Waals surface area contributed by atoms with E-state index in [4.69, 9.17) is 0 Å². The number of rotatable bonds is 4. The van der Waals surface area contributed by atoms with Crippen LogP contribution in [-0.2, 0) is 0 Å². The minimum atomic E-state index is -0.360. The van der Waals surface area contributed by atoms with Crippen LogP contribution in [0, 0.1) is 0 Å². The molecule has 2 aromatic heterocycles. The Labute approximate surface area is 119 Å². The number of aromatic amines is 1. The maximum Gasteiger partial charge on any atom is 0.142 e. The predicted molar refractivity (Wildman–Crippen MR) is 79.8 cm³/mol. The largest absolute Gasteiger partial charge is 0.392 e. The average Bonchev–Trinajstić information content (AvgIpc) is 2.94. The van der Waals surface area contributed by atoms with Gasteiger partial charge in [-0.05, 0) is 25.8 Å². The van der Waals surface area contributed by atoms with Crippen molar-refractivity contribution >= 4 is 16.9 Å². The first-order valence-corrected chi connectivity index (χ1v) is 7.48. The van der Waals surface area contributed by atoms with Crippen molar-refractivity contribution in [1.29, 1.82) is 0 Å². The molecule has 0 spiro atoms. The normalized spacial score (nSPS) is 18.3. The third-order valence-electron chi connectivity index (χ3n) is 4.08. The van der Waals surface area contributed by atoms with Gasteiger partial charge in [0.15, 0.2) is 0 Å². The third-order valence-corrected chi connectivity index (χ3v) is 4.08. The molecule has 1 fully saturated rings. The van der Waals surface area contributed by atoms with Gasteiger partial charge in [-0.25, -0.2) is 9.97 Å². The number of hydrogen-bond acceptors (Lipinski definition) is 4. The number of nitrogens with one attached hydrogen (secondary N) is 1. The molecule has 5 nitrogen and oxygen atoms in total. The highest BCUT2D eigenvalue weighted by Gasteiger charge is 2.25. The zero-order valence-corrected chi connectivity index (χ0v) is 11.9. The number of fused-ring (bicyclic) bond motifs is 1. The van der Waals surface area contributed by atoms with Crippen molar-refractivity contribution in [3.05, 3.63) is 18.6 Å². The minimum Gasteiger partial charge on any atom is -0.392 e. The SMILES string of the molecule is C[C@H](O)CN(c1ncnc2[nH]ccc12)C1CCCCC1. The maximum atomic E-state index is 9.84. The standard InChI is InChI=1S/C15H22N4O/c1-11(20)9-19(12-5-3-2-4-6-12)15-13-7-8-16-14(13)17-10-18-15/h7-8,10-12,20H,2-6,9H2,1H3,(H,16,17,18)/t11-/m0/s1. The molecule has 3 rings (SSSR count). The molecule has 0 aromatic carbocycles. The van der Waals surface area contributed by atoms with E-state index in [1.165, 1.54) is 32.1 Å². The molecule has 0 aliphatic heterocycles. The van der Waals surface area contributed by atoms with Gasteiger partial charge in [-0.15, -0.1) is 0 Å². The zero-order chi connectivity index (χ0) is 13.9. The van der Waals surface area contributed by atoms with E-state index in [0.29, 0.717) is 12.6 Å². The summed E-state index contributed by atoms with van der Waals surface area (Å²) in [6.45, 7) is 2.47. The highest BCUT2D eigenvalue weighted by molar-refractivity contribution is 5.87. The van der Waals surface area contributed by atoms with E-state index in [0.717, 1.165) is 16.9 Å². The second kappa shape index (κ2) is 5.79. The summed E-state index contributed by atoms with van der Waals surface area (Å²) >= 11 is 0. The van der Waals surface area contributed by atoms with Crippen molar-refractivity contribution in [2.24, 2.45) is 0 Å². The van der Waals surface area contributed by atoms with Crippen molar-refractivity contribution < 1.29 is 5.11 Å². The molecule has 0 radical (unpaired) electrons. The van der Waals surface area contributed by atoms with Gasteiger partial charge in [-0.2, -0.15) is 0 Å². The van der Waals surface area contributed by atoms with Gasteiger partial charge in [0, 0.05) is 18.8 Å². The smallest absolute Gasteiger partial charge is 0.142 e. The van der Waals surface area contributed by atoms with Gasteiger partial charge in [0.05, 0.1) is 11.5 Å². The van der Waals surface area contributed by atoms with Gasteiger partial charge in [-0.3, -0.25) is 0 Å². The number of anilines is 1. The molecule has 0 amide bonds. The number of aliphatic hydroxyl groups excluding tert-OH is 1. The van der Waals surface area contributed by atoms with Crippen LogP contribution in [0.2, 0.25) is 0 Å². The summed E-state index contributed by atoms with van der Waals surface area (Å²) in [5.74, 6) is 0.948. The van der Waals surface area contributed by atoms with Gasteiger partial charge < -0.3 is 15.0 Å². The van der Waals surface area contributed by atoms with Crippen molar-refractivity contribution in [2.75, 3.05) is 11.4 Å². The Bertz CT molecular complexity index is 560. The lowest BCUT2D eigenvalue weighted by molar-refractivity contribution is 0.193. The molecule has 1 aliphatic rings. The summed E-state index contributed by atoms with van der Waals surface area (Å²) in [5.41, 5.74) is 0.862. The second-order valence-electron chi connectivity index (χ2n) is 5.73. The zero-order valence-electron chi connectivity index (χ0n) is 11.9. The fourth-order valence-corrected chi connectivity index (χ4v) is 3.17. The quantitative estimate of drug-likeness (QED) is 0.899. The molecule has 1 aliphatic carbocycles. The Balaban J connectivity index is 1.97. The molecule has 5 heteroatoms. The molecular weight excluding hydrogens is 252 g/mol. The highest BCUT2D eigenvalue weighted by atomic mass is 16.3. The predicted octanol–water partition coefficient (Wildman–Crippen LogP) is 2.48. The molecule has 2 aromatic rings. The van der Waals surface area contributed by atoms with Crippen LogP contribution >= 0.6 is 0 Å². The second-order valence-corrected chi connectivity index (χ2v) is 5.73. The summed E-state index contributed by atoms with van der Waals surface area (Å²) in [7, 11) is 0. The van der Waals surface area contributed by atoms with Crippen molar-refractivity contribution in [3.8, 4) is 0 Å². The number of aromatic nitrogens is 3. The number of aliphatic hydroxyl groups is 1. The molecule has 108 valence electrons. The fraction of sp³-hybridized carbons (Fsp3) is 0.600. The van der Waals surface area contributed by atoms with Crippen LogP contribution in [0.1, 0.15) is 39.0 Å². The van der Waals surface area contributed by atoms with Crippen molar-refractivity contribution in [2.45, 2.75) is 51.2 Å². The molecule has 2 heterocycles. The molecule has 0 bridgehead atoms. The Morgan fingerprint density at radius 3 is 2.90 bits per heavy atom. The maximum absolute atomic E-state index is 9.84. The third kappa shape index (κ3) is 2.63. The molecule has 0 unspecified atom stereocenters. The van der Waals surface area contributed by atoms with Gasteiger partial charge >= 0.3 is 0 Å². The lowest BCUT2D eigenvalue weighted by Crippen LogP contribution is -2.41. The van der Waals surface area contributed by atoms with E-state index in [1.54, 1.807) is 6.33 Å². The van der Waals surface area contributed by atoms with Crippen LogP contribution in [0.15, 0.2) is 18.6 Å². The van der Waals surface area contributed by atoms with Crippen LogP contribution < -0.4 is 4.90 Å². The first-order chi connectivity index (χ1) is 9.75. The van der Waals surface area contributed by atoms with E-state index >= 15 is 0 Å². The van der Waals surface area contributed by atoms with Gasteiger partial charge in [0.1, 0.15) is 17.8 Å². The molecule has 1 saturated carbocycles. The van der Waals surface area contributed by atoms with E-state index in [2.05, 4.69) is 19.9 Å². The summed E-state index contributed by atoms with van der Waals surface area (Å²) in [5, 5.41) is 10.9. The van der Waals surface area contributed by atoms with Gasteiger partial charge in [-0.1, -0.05) is 19.3 Å². The average molecular weight is 274 g/mol. The van der Waals surface area contributed by atoms with Crippen LogP contribution in [0.3, 0.4) is 0 Å². The van der Waals surface area contributed by atoms with Crippen LogP contribution in [0.4, 0.5) is 5.82 Å². The topological polar surface area (TPSA) is 65.0 Å². The number of H-pyrrole nitrogens is 1. The van der Waals surface area contributed by atoms with E-state index in [9.17, 15) is 5.11 Å². The Kier molecular flexibility index (Phi) is 3.87. The monoisotopic (exact) mass is 274 g/mol. The lowest BCUT2D eigenvalue weighted by atomic mass is 9.94. The summed E-state index contributed by atoms with van der Waals surface area (Å²) in [4.78, 5) is 14.2. The number of hydrogen-bond donors (Lipinski definition) is 2. The summed E-state index contributed by atoms with van der Waals surface area (Å²) in [6.07, 6.45) is 9.36. The Morgan fingerprint density at radius 2 is 2.15 bits per heavy atom. The van der Waals surface area contributed by atoms with Crippen LogP contribution in [0.25, 0.3) is 11.0 Å². The number of nitrogens with zero attached hydrogens (tertiary/aromatic N) is 3. The van der Waals surface area contributed by atoms with Crippen LogP contribution in [0.5, 0.6) is 0 Å². The molecule has 2 N–H and O–H groups in total. The molecule has 1 atom stereocenters. The van der Waals surface area contributed by atoms with Gasteiger partial charge in [0.25, 0.3) is 0 Å². The fourth-order valence-electron chi connectivity index (χ4n) is 3.17. The highest BCUT2D eigenvalue weighted by Crippen LogP contribution is 2.30. The molecule has 0 saturated heterocycles. The first-order valence-electron chi connectivity index (χ1n) is 7.48. The van der Waals surface area contributed by atoms with Crippen LogP contribution in [-0.4, -0.2) is 38.7 Å². The Morgan fingerprint density at radius 1 is 1.35 bits per heavy atom. The van der Waals surface area contributed by atoms with E-state index in [-0.39, 0.29) is 6.10 Å². The van der Waals surface area contributed by atoms with Crippen molar-refractivity contribution in [3.63, 3.8) is 0 Å². The summed E-state index contributed by atoms with van der Waals surface area (Å²) < 4.78 is 0. The minimum absolute atomic E-state index is 0.360. The first kappa shape index (κ1) is 13.4. The summed E-state index contributed by atoms with van der Waals surface area (Å²) in [6, 6.07) is 2.49. The van der Waals surface area contributed by atoms with Crippen molar-refractivity contribution in [1.82, 2.24) is 15.0 Å². The van der Waals surface area contributed by atoms with Gasteiger partial charge in [0.2, 0.25) is 0 Å². The molecule has 20 heavy (non-hydrogen) atoms. The Hall–Kier alpha value is -1.62. The van der Waals surface area contributed by atoms with E-state index < -0.39 is 0 Å².